The average molecular weight is 280 g/mol. The number of aromatic nitrogens is 2. The van der Waals surface area contributed by atoms with Crippen LogP contribution in [0.2, 0.25) is 0 Å². The van der Waals surface area contributed by atoms with Gasteiger partial charge < -0.3 is 0 Å². The average Bonchev–Trinajstić information content (AvgIpc) is 2.86. The fraction of sp³-hybridized carbons (Fsp3) is 0.353. The minimum absolute atomic E-state index is 0.208. The van der Waals surface area contributed by atoms with Gasteiger partial charge in [0, 0.05) is 11.6 Å². The molecule has 1 heterocycles. The normalized spacial score (nSPS) is 9.52. The predicted molar refractivity (Wildman–Crippen MR) is 83.6 cm³/mol. The molecule has 0 aliphatic rings. The summed E-state index contributed by atoms with van der Waals surface area (Å²) in [6.45, 7) is 9.96. The summed E-state index contributed by atoms with van der Waals surface area (Å²) in [5.41, 5.74) is 3.61. The monoisotopic (exact) mass is 280 g/mol. The molecule has 0 aliphatic heterocycles. The van der Waals surface area contributed by atoms with E-state index in [1.165, 1.54) is 0 Å². The van der Waals surface area contributed by atoms with Gasteiger partial charge in [0.25, 0.3) is 0 Å². The summed E-state index contributed by atoms with van der Waals surface area (Å²) in [7, 11) is 0. The van der Waals surface area contributed by atoms with Crippen molar-refractivity contribution in [1.29, 1.82) is 10.5 Å². The van der Waals surface area contributed by atoms with Gasteiger partial charge in [0.15, 0.2) is 0 Å². The number of hydrogen-bond acceptors (Lipinski definition) is 3. The molecule has 0 radical (unpaired) electrons. The van der Waals surface area contributed by atoms with Crippen LogP contribution in [0.4, 0.5) is 0 Å². The van der Waals surface area contributed by atoms with E-state index in [0.29, 0.717) is 16.8 Å². The first-order valence-corrected chi connectivity index (χ1v) is 7.08. The molecule has 2 rings (SSSR count). The van der Waals surface area contributed by atoms with Crippen molar-refractivity contribution in [3.05, 3.63) is 41.1 Å². The van der Waals surface area contributed by atoms with E-state index in [-0.39, 0.29) is 6.04 Å². The zero-order valence-electron chi connectivity index (χ0n) is 13.2. The SMILES string of the molecule is CC.Cc1c(C#N)c(-c2ccc(C#N)cc2)nn1C(C)C. The van der Waals surface area contributed by atoms with Crippen LogP contribution in [-0.2, 0) is 0 Å². The van der Waals surface area contributed by atoms with Gasteiger partial charge in [-0.2, -0.15) is 15.6 Å². The Bertz CT molecular complexity index is 679. The third kappa shape index (κ3) is 3.30. The summed E-state index contributed by atoms with van der Waals surface area (Å²) in [4.78, 5) is 0. The molecule has 0 fully saturated rings. The van der Waals surface area contributed by atoms with E-state index in [2.05, 4.69) is 17.2 Å². The standard InChI is InChI=1S/C15H14N4.C2H6/c1-10(2)19-11(3)14(9-17)15(18-19)13-6-4-12(8-16)5-7-13;1-2/h4-7,10H,1-3H3;1-2H3. The molecule has 4 nitrogen and oxygen atoms in total. The van der Waals surface area contributed by atoms with E-state index in [1.54, 1.807) is 12.1 Å². The fourth-order valence-electron chi connectivity index (χ4n) is 2.06. The van der Waals surface area contributed by atoms with Crippen LogP contribution < -0.4 is 0 Å². The van der Waals surface area contributed by atoms with Gasteiger partial charge in [0.2, 0.25) is 0 Å². The van der Waals surface area contributed by atoms with Gasteiger partial charge >= 0.3 is 0 Å². The van der Waals surface area contributed by atoms with Gasteiger partial charge in [-0.1, -0.05) is 26.0 Å². The highest BCUT2D eigenvalue weighted by atomic mass is 15.3. The minimum atomic E-state index is 0.208. The Labute approximate surface area is 126 Å². The van der Waals surface area contributed by atoms with Crippen LogP contribution in [-0.4, -0.2) is 9.78 Å². The molecule has 2 aromatic rings. The molecule has 0 saturated carbocycles. The second-order valence-corrected chi connectivity index (χ2v) is 4.65. The van der Waals surface area contributed by atoms with E-state index in [4.69, 9.17) is 5.26 Å². The molecular formula is C17H20N4. The van der Waals surface area contributed by atoms with Crippen LogP contribution in [0.3, 0.4) is 0 Å². The molecule has 0 aliphatic carbocycles. The number of nitrogens with zero attached hydrogens (tertiary/aromatic N) is 4. The zero-order valence-corrected chi connectivity index (χ0v) is 13.2. The van der Waals surface area contributed by atoms with Crippen molar-refractivity contribution < 1.29 is 0 Å². The van der Waals surface area contributed by atoms with E-state index in [1.807, 2.05) is 51.4 Å². The van der Waals surface area contributed by atoms with Crippen molar-refractivity contribution in [3.8, 4) is 23.4 Å². The molecule has 1 aromatic heterocycles. The molecule has 0 bridgehead atoms. The summed E-state index contributed by atoms with van der Waals surface area (Å²) < 4.78 is 1.85. The van der Waals surface area contributed by atoms with Crippen LogP contribution in [0.25, 0.3) is 11.3 Å². The summed E-state index contributed by atoms with van der Waals surface area (Å²) in [6.07, 6.45) is 0. The van der Waals surface area contributed by atoms with E-state index >= 15 is 0 Å². The Morgan fingerprint density at radius 2 is 1.62 bits per heavy atom. The van der Waals surface area contributed by atoms with Crippen molar-refractivity contribution in [3.63, 3.8) is 0 Å². The summed E-state index contributed by atoms with van der Waals surface area (Å²) in [6, 6.07) is 11.6. The highest BCUT2D eigenvalue weighted by molar-refractivity contribution is 5.68. The molecular weight excluding hydrogens is 260 g/mol. The van der Waals surface area contributed by atoms with Gasteiger partial charge in [-0.3, -0.25) is 4.68 Å². The van der Waals surface area contributed by atoms with Crippen LogP contribution in [0.1, 0.15) is 50.6 Å². The first kappa shape index (κ1) is 16.5. The predicted octanol–water partition coefficient (Wildman–Crippen LogP) is 4.21. The lowest BCUT2D eigenvalue weighted by Gasteiger charge is -2.06. The van der Waals surface area contributed by atoms with Gasteiger partial charge in [0.05, 0.1) is 17.3 Å². The Balaban J connectivity index is 0.00000106. The smallest absolute Gasteiger partial charge is 0.110 e. The van der Waals surface area contributed by atoms with Gasteiger partial charge in [-0.25, -0.2) is 0 Å². The fourth-order valence-corrected chi connectivity index (χ4v) is 2.06. The highest BCUT2D eigenvalue weighted by Crippen LogP contribution is 2.26. The van der Waals surface area contributed by atoms with Crippen molar-refractivity contribution in [2.75, 3.05) is 0 Å². The molecule has 0 amide bonds. The van der Waals surface area contributed by atoms with Crippen molar-refractivity contribution in [2.45, 2.75) is 40.7 Å². The number of benzene rings is 1. The topological polar surface area (TPSA) is 65.4 Å². The summed E-state index contributed by atoms with van der Waals surface area (Å²) in [5.74, 6) is 0. The van der Waals surface area contributed by atoms with Crippen LogP contribution in [0, 0.1) is 29.6 Å². The van der Waals surface area contributed by atoms with Gasteiger partial charge in [-0.15, -0.1) is 0 Å². The van der Waals surface area contributed by atoms with Gasteiger partial charge in [-0.05, 0) is 32.9 Å². The third-order valence-electron chi connectivity index (χ3n) is 3.04. The van der Waals surface area contributed by atoms with E-state index in [0.717, 1.165) is 11.3 Å². The Kier molecular flexibility index (Phi) is 5.69. The maximum Gasteiger partial charge on any atom is 0.110 e. The minimum Gasteiger partial charge on any atom is -0.265 e. The molecule has 4 heteroatoms. The highest BCUT2D eigenvalue weighted by Gasteiger charge is 2.17. The summed E-state index contributed by atoms with van der Waals surface area (Å²) in [5, 5.41) is 22.6. The van der Waals surface area contributed by atoms with Crippen molar-refractivity contribution in [1.82, 2.24) is 9.78 Å². The van der Waals surface area contributed by atoms with Crippen LogP contribution >= 0.6 is 0 Å². The van der Waals surface area contributed by atoms with E-state index in [9.17, 15) is 5.26 Å². The van der Waals surface area contributed by atoms with Crippen molar-refractivity contribution in [2.24, 2.45) is 0 Å². The second kappa shape index (κ2) is 7.26. The van der Waals surface area contributed by atoms with Gasteiger partial charge in [0.1, 0.15) is 17.3 Å². The summed E-state index contributed by atoms with van der Waals surface area (Å²) >= 11 is 0. The molecule has 0 spiro atoms. The first-order chi connectivity index (χ1) is 10.1. The molecule has 0 N–H and O–H groups in total. The molecule has 21 heavy (non-hydrogen) atoms. The van der Waals surface area contributed by atoms with Crippen LogP contribution in [0.5, 0.6) is 0 Å². The number of rotatable bonds is 2. The maximum absolute atomic E-state index is 9.30. The lowest BCUT2D eigenvalue weighted by Crippen LogP contribution is -2.04. The molecule has 108 valence electrons. The Morgan fingerprint density at radius 1 is 1.05 bits per heavy atom. The van der Waals surface area contributed by atoms with Crippen LogP contribution in [0.15, 0.2) is 24.3 Å². The largest absolute Gasteiger partial charge is 0.265 e. The zero-order chi connectivity index (χ0) is 16.0. The number of hydrogen-bond donors (Lipinski definition) is 0. The maximum atomic E-state index is 9.30. The molecule has 0 saturated heterocycles. The Hall–Kier alpha value is -2.59. The van der Waals surface area contributed by atoms with Crippen molar-refractivity contribution >= 4 is 0 Å². The third-order valence-corrected chi connectivity index (χ3v) is 3.04. The first-order valence-electron chi connectivity index (χ1n) is 7.08. The molecule has 1 aromatic carbocycles. The quantitative estimate of drug-likeness (QED) is 0.827. The lowest BCUT2D eigenvalue weighted by atomic mass is 10.1. The lowest BCUT2D eigenvalue weighted by molar-refractivity contribution is 0.520. The second-order valence-electron chi connectivity index (χ2n) is 4.65. The molecule has 0 unspecified atom stereocenters. The molecule has 0 atom stereocenters. The van der Waals surface area contributed by atoms with E-state index < -0.39 is 0 Å². The number of nitriles is 2. The Morgan fingerprint density at radius 3 is 2.05 bits per heavy atom.